The van der Waals surface area contributed by atoms with E-state index in [2.05, 4.69) is 20.4 Å². The molecule has 0 saturated carbocycles. The largest absolute Gasteiger partial charge is 0.364 e. The predicted molar refractivity (Wildman–Crippen MR) is 70.0 cm³/mol. The minimum absolute atomic E-state index is 0.196. The van der Waals surface area contributed by atoms with Gasteiger partial charge in [-0.25, -0.2) is 14.5 Å². The Labute approximate surface area is 109 Å². The lowest BCUT2D eigenvalue weighted by Gasteiger charge is -2.10. The number of aromatic nitrogens is 5. The smallest absolute Gasteiger partial charge is 0.329 e. The average Bonchev–Trinajstić information content (AvgIpc) is 2.81. The molecule has 0 aliphatic rings. The highest BCUT2D eigenvalue weighted by molar-refractivity contribution is 5.31. The number of H-pyrrole nitrogens is 1. The van der Waals surface area contributed by atoms with Crippen LogP contribution in [0.3, 0.4) is 0 Å². The molecule has 0 spiro atoms. The second-order valence-corrected chi connectivity index (χ2v) is 4.45. The van der Waals surface area contributed by atoms with Crippen molar-refractivity contribution in [3.05, 3.63) is 39.1 Å². The molecule has 0 radical (unpaired) electrons. The molecule has 19 heavy (non-hydrogen) atoms. The third-order valence-corrected chi connectivity index (χ3v) is 2.72. The van der Waals surface area contributed by atoms with E-state index < -0.39 is 5.69 Å². The van der Waals surface area contributed by atoms with Crippen molar-refractivity contribution in [2.45, 2.75) is 26.4 Å². The standard InChI is InChI=1S/C11H16N6O2/c1-7(2)17-9(13-6-14-17)5-12-8-4-10(18)16(3)11(19)15-8/h4,6-7,12H,5H2,1-3H3,(H,15,19). The minimum Gasteiger partial charge on any atom is -0.364 e. The molecule has 0 saturated heterocycles. The van der Waals surface area contributed by atoms with Crippen LogP contribution in [0.2, 0.25) is 0 Å². The van der Waals surface area contributed by atoms with Crippen molar-refractivity contribution >= 4 is 5.82 Å². The van der Waals surface area contributed by atoms with Gasteiger partial charge < -0.3 is 5.32 Å². The van der Waals surface area contributed by atoms with Gasteiger partial charge >= 0.3 is 5.69 Å². The summed E-state index contributed by atoms with van der Waals surface area (Å²) >= 11 is 0. The van der Waals surface area contributed by atoms with Crippen LogP contribution in [0.15, 0.2) is 22.0 Å². The highest BCUT2D eigenvalue weighted by Crippen LogP contribution is 2.06. The first-order valence-electron chi connectivity index (χ1n) is 5.91. The highest BCUT2D eigenvalue weighted by Gasteiger charge is 2.07. The van der Waals surface area contributed by atoms with E-state index in [0.717, 1.165) is 10.4 Å². The van der Waals surface area contributed by atoms with Gasteiger partial charge in [0.05, 0.1) is 6.54 Å². The summed E-state index contributed by atoms with van der Waals surface area (Å²) in [5.74, 6) is 1.10. The van der Waals surface area contributed by atoms with Gasteiger partial charge in [0.15, 0.2) is 0 Å². The minimum atomic E-state index is -0.458. The predicted octanol–water partition coefficient (Wildman–Crippen LogP) is -0.142. The van der Waals surface area contributed by atoms with Crippen molar-refractivity contribution in [3.63, 3.8) is 0 Å². The normalized spacial score (nSPS) is 10.9. The zero-order valence-electron chi connectivity index (χ0n) is 11.0. The molecule has 0 aliphatic heterocycles. The van der Waals surface area contributed by atoms with E-state index >= 15 is 0 Å². The van der Waals surface area contributed by atoms with Gasteiger partial charge in [-0.1, -0.05) is 0 Å². The number of hydrogen-bond acceptors (Lipinski definition) is 5. The second-order valence-electron chi connectivity index (χ2n) is 4.45. The highest BCUT2D eigenvalue weighted by atomic mass is 16.2. The molecule has 8 nitrogen and oxygen atoms in total. The molecule has 0 aliphatic carbocycles. The zero-order chi connectivity index (χ0) is 14.0. The van der Waals surface area contributed by atoms with E-state index in [9.17, 15) is 9.59 Å². The van der Waals surface area contributed by atoms with E-state index in [1.54, 1.807) is 4.68 Å². The van der Waals surface area contributed by atoms with Crippen LogP contribution in [0.25, 0.3) is 0 Å². The number of nitrogens with zero attached hydrogens (tertiary/aromatic N) is 4. The monoisotopic (exact) mass is 264 g/mol. The summed E-state index contributed by atoms with van der Waals surface area (Å²) in [6.45, 7) is 4.37. The molecular formula is C11H16N6O2. The van der Waals surface area contributed by atoms with Crippen LogP contribution in [0.1, 0.15) is 25.7 Å². The van der Waals surface area contributed by atoms with Gasteiger partial charge in [0.2, 0.25) is 0 Å². The first kappa shape index (κ1) is 13.1. The van der Waals surface area contributed by atoms with Crippen LogP contribution >= 0.6 is 0 Å². The van der Waals surface area contributed by atoms with Gasteiger partial charge in [-0.05, 0) is 13.8 Å². The molecular weight excluding hydrogens is 248 g/mol. The van der Waals surface area contributed by atoms with Crippen molar-refractivity contribution in [2.24, 2.45) is 7.05 Å². The van der Waals surface area contributed by atoms with Crippen LogP contribution in [0.4, 0.5) is 5.82 Å². The van der Waals surface area contributed by atoms with E-state index in [0.29, 0.717) is 12.4 Å². The Morgan fingerprint density at radius 3 is 2.79 bits per heavy atom. The summed E-state index contributed by atoms with van der Waals surface area (Å²) in [7, 11) is 1.42. The molecule has 2 aromatic heterocycles. The summed E-state index contributed by atoms with van der Waals surface area (Å²) in [6, 6.07) is 1.53. The topological polar surface area (TPSA) is 97.6 Å². The summed E-state index contributed by atoms with van der Waals surface area (Å²) < 4.78 is 2.77. The van der Waals surface area contributed by atoms with E-state index in [-0.39, 0.29) is 11.6 Å². The van der Waals surface area contributed by atoms with Gasteiger partial charge in [-0.15, -0.1) is 0 Å². The first-order valence-corrected chi connectivity index (χ1v) is 5.91. The molecule has 2 aromatic rings. The Morgan fingerprint density at radius 1 is 1.42 bits per heavy atom. The molecule has 102 valence electrons. The molecule has 0 atom stereocenters. The van der Waals surface area contributed by atoms with Crippen LogP contribution < -0.4 is 16.6 Å². The van der Waals surface area contributed by atoms with Crippen LogP contribution in [-0.4, -0.2) is 24.3 Å². The van der Waals surface area contributed by atoms with Gasteiger partial charge in [-0.3, -0.25) is 14.3 Å². The van der Waals surface area contributed by atoms with Crippen LogP contribution in [0.5, 0.6) is 0 Å². The Kier molecular flexibility index (Phi) is 3.50. The second kappa shape index (κ2) is 5.09. The van der Waals surface area contributed by atoms with Gasteiger partial charge in [0.25, 0.3) is 5.56 Å². The number of hydrogen-bond donors (Lipinski definition) is 2. The summed E-state index contributed by atoms with van der Waals surface area (Å²) in [4.78, 5) is 29.6. The Morgan fingerprint density at radius 2 is 2.16 bits per heavy atom. The maximum Gasteiger partial charge on any atom is 0.329 e. The van der Waals surface area contributed by atoms with Gasteiger partial charge in [0, 0.05) is 19.2 Å². The Balaban J connectivity index is 2.17. The fraction of sp³-hybridized carbons (Fsp3) is 0.455. The SMILES string of the molecule is CC(C)n1ncnc1CNc1cc(=O)n(C)c(=O)[nH]1. The van der Waals surface area contributed by atoms with Crippen LogP contribution in [-0.2, 0) is 13.6 Å². The lowest BCUT2D eigenvalue weighted by molar-refractivity contribution is 0.508. The van der Waals surface area contributed by atoms with E-state index in [4.69, 9.17) is 0 Å². The molecule has 2 rings (SSSR count). The zero-order valence-corrected chi connectivity index (χ0v) is 11.0. The van der Waals surface area contributed by atoms with E-state index in [1.807, 2.05) is 13.8 Å². The Bertz CT molecular complexity index is 650. The van der Waals surface area contributed by atoms with E-state index in [1.165, 1.54) is 19.4 Å². The lowest BCUT2D eigenvalue weighted by atomic mass is 10.4. The van der Waals surface area contributed by atoms with Crippen molar-refractivity contribution in [1.29, 1.82) is 0 Å². The fourth-order valence-corrected chi connectivity index (χ4v) is 1.66. The number of rotatable bonds is 4. The number of aromatic amines is 1. The molecule has 0 aromatic carbocycles. The molecule has 0 fully saturated rings. The van der Waals surface area contributed by atoms with Crippen molar-refractivity contribution in [2.75, 3.05) is 5.32 Å². The molecule has 0 amide bonds. The van der Waals surface area contributed by atoms with Crippen LogP contribution in [0, 0.1) is 0 Å². The molecule has 2 heterocycles. The lowest BCUT2D eigenvalue weighted by Crippen LogP contribution is -2.32. The molecule has 0 bridgehead atoms. The molecule has 2 N–H and O–H groups in total. The van der Waals surface area contributed by atoms with Gasteiger partial charge in [-0.2, -0.15) is 5.10 Å². The Hall–Kier alpha value is -2.38. The average molecular weight is 264 g/mol. The summed E-state index contributed by atoms with van der Waals surface area (Å²) in [6.07, 6.45) is 1.48. The van der Waals surface area contributed by atoms with Gasteiger partial charge in [0.1, 0.15) is 18.0 Å². The number of nitrogens with one attached hydrogen (secondary N) is 2. The van der Waals surface area contributed by atoms with Crippen molar-refractivity contribution in [1.82, 2.24) is 24.3 Å². The van der Waals surface area contributed by atoms with Crippen molar-refractivity contribution in [3.8, 4) is 0 Å². The first-order chi connectivity index (χ1) is 8.99. The summed E-state index contributed by atoms with van der Waals surface area (Å²) in [5, 5.41) is 7.06. The molecule has 8 heteroatoms. The maximum atomic E-state index is 11.5. The number of anilines is 1. The third-order valence-electron chi connectivity index (χ3n) is 2.72. The third kappa shape index (κ3) is 2.72. The fourth-order valence-electron chi connectivity index (χ4n) is 1.66. The quantitative estimate of drug-likeness (QED) is 0.801. The molecule has 0 unspecified atom stereocenters. The summed E-state index contributed by atoms with van der Waals surface area (Å²) in [5.41, 5.74) is -0.822. The van der Waals surface area contributed by atoms with Crippen molar-refractivity contribution < 1.29 is 0 Å². The maximum absolute atomic E-state index is 11.5.